The van der Waals surface area contributed by atoms with Crippen molar-refractivity contribution in [2.24, 2.45) is 17.8 Å². The lowest BCUT2D eigenvalue weighted by molar-refractivity contribution is 0.0695. The summed E-state index contributed by atoms with van der Waals surface area (Å²) in [4.78, 5) is 15.8. The monoisotopic (exact) mass is 508 g/mol. The van der Waals surface area contributed by atoms with E-state index in [4.69, 9.17) is 9.15 Å². The van der Waals surface area contributed by atoms with Gasteiger partial charge in [-0.3, -0.25) is 4.79 Å². The first-order valence-corrected chi connectivity index (χ1v) is 14.6. The van der Waals surface area contributed by atoms with Crippen LogP contribution in [-0.2, 0) is 6.54 Å². The molecule has 1 aliphatic heterocycles. The highest BCUT2D eigenvalue weighted by Gasteiger charge is 2.46. The summed E-state index contributed by atoms with van der Waals surface area (Å²) >= 11 is 0. The summed E-state index contributed by atoms with van der Waals surface area (Å²) in [5, 5.41) is 2.24. The van der Waals surface area contributed by atoms with Gasteiger partial charge in [0.15, 0.2) is 5.76 Å². The number of hydrogen-bond acceptors (Lipinski definition) is 3. The zero-order chi connectivity index (χ0) is 25.7. The molecule has 3 atom stereocenters. The molecule has 3 saturated carbocycles. The first-order chi connectivity index (χ1) is 18.5. The molecule has 0 radical (unpaired) electrons. The molecule has 3 heterocycles. The van der Waals surface area contributed by atoms with E-state index >= 15 is 0 Å². The van der Waals surface area contributed by atoms with Crippen LogP contribution < -0.4 is 4.74 Å². The van der Waals surface area contributed by atoms with Crippen LogP contribution in [0, 0.1) is 24.7 Å². The molecular formula is C33H36N2O3. The zero-order valence-corrected chi connectivity index (χ0v) is 22.6. The number of furan rings is 1. The highest BCUT2D eigenvalue weighted by molar-refractivity contribution is 6.02. The molecule has 8 rings (SSSR count). The van der Waals surface area contributed by atoms with Crippen molar-refractivity contribution in [1.82, 2.24) is 9.47 Å². The van der Waals surface area contributed by atoms with Crippen molar-refractivity contribution in [2.75, 3.05) is 13.7 Å². The van der Waals surface area contributed by atoms with Crippen molar-refractivity contribution in [3.8, 4) is 17.2 Å². The molecule has 38 heavy (non-hydrogen) atoms. The Bertz CT molecular complexity index is 1600. The van der Waals surface area contributed by atoms with Crippen molar-refractivity contribution < 1.29 is 13.9 Å². The highest BCUT2D eigenvalue weighted by atomic mass is 16.5. The third-order valence-electron chi connectivity index (χ3n) is 10.1. The number of fused-ring (bicyclic) bond motifs is 4. The van der Waals surface area contributed by atoms with Crippen LogP contribution in [0.15, 0.2) is 40.8 Å². The van der Waals surface area contributed by atoms with E-state index in [9.17, 15) is 4.79 Å². The van der Waals surface area contributed by atoms with Gasteiger partial charge in [0.1, 0.15) is 11.3 Å². The fourth-order valence-electron chi connectivity index (χ4n) is 7.46. The quantitative estimate of drug-likeness (QED) is 0.270. The number of carbonyl (C=O) groups excluding carboxylic acids is 1. The number of hydrogen-bond donors (Lipinski definition) is 0. The lowest BCUT2D eigenvalue weighted by atomic mass is 10.0. The van der Waals surface area contributed by atoms with Crippen LogP contribution in [-0.4, -0.2) is 35.1 Å². The predicted octanol–water partition coefficient (Wildman–Crippen LogP) is 7.53. The van der Waals surface area contributed by atoms with Gasteiger partial charge in [-0.15, -0.1) is 0 Å². The molecule has 0 spiro atoms. The van der Waals surface area contributed by atoms with Gasteiger partial charge >= 0.3 is 0 Å². The second-order valence-electron chi connectivity index (χ2n) is 12.5. The number of piperidine rings is 1. The molecule has 1 amide bonds. The van der Waals surface area contributed by atoms with Gasteiger partial charge in [0.25, 0.3) is 5.91 Å². The van der Waals surface area contributed by atoms with Crippen molar-refractivity contribution in [1.29, 1.82) is 0 Å². The second kappa shape index (κ2) is 8.14. The lowest BCUT2D eigenvalue weighted by Gasteiger charge is -2.27. The Morgan fingerprint density at radius 2 is 1.89 bits per heavy atom. The molecule has 2 bridgehead atoms. The van der Waals surface area contributed by atoms with Gasteiger partial charge in [-0.1, -0.05) is 19.1 Å². The summed E-state index contributed by atoms with van der Waals surface area (Å²) in [7, 11) is 1.69. The Kier molecular flexibility index (Phi) is 4.87. The van der Waals surface area contributed by atoms with Crippen LogP contribution in [0.4, 0.5) is 0 Å². The molecule has 3 unspecified atom stereocenters. The van der Waals surface area contributed by atoms with E-state index in [1.165, 1.54) is 48.6 Å². The smallest absolute Gasteiger partial charge is 0.254 e. The van der Waals surface area contributed by atoms with E-state index in [-0.39, 0.29) is 5.91 Å². The Morgan fingerprint density at radius 1 is 1.05 bits per heavy atom. The average molecular weight is 509 g/mol. The molecular weight excluding hydrogens is 472 g/mol. The van der Waals surface area contributed by atoms with Gasteiger partial charge in [-0.05, 0) is 98.9 Å². The van der Waals surface area contributed by atoms with E-state index in [1.807, 2.05) is 12.1 Å². The van der Waals surface area contributed by atoms with Crippen LogP contribution in [0.5, 0.6) is 5.75 Å². The first kappa shape index (κ1) is 22.7. The maximum Gasteiger partial charge on any atom is 0.254 e. The van der Waals surface area contributed by atoms with E-state index < -0.39 is 0 Å². The fraction of sp³-hybridized carbons (Fsp3) is 0.485. The molecule has 4 aromatic rings. The highest BCUT2D eigenvalue weighted by Crippen LogP contribution is 2.46. The van der Waals surface area contributed by atoms with Gasteiger partial charge in [0, 0.05) is 41.2 Å². The molecule has 2 aromatic carbocycles. The molecule has 5 heteroatoms. The minimum Gasteiger partial charge on any atom is -0.496 e. The number of ether oxygens (including phenoxy) is 1. The van der Waals surface area contributed by atoms with Gasteiger partial charge in [-0.25, -0.2) is 0 Å². The predicted molar refractivity (Wildman–Crippen MR) is 150 cm³/mol. The molecule has 3 aliphatic carbocycles. The Hall–Kier alpha value is -3.21. The number of nitrogens with zero attached hydrogens (tertiary/aromatic N) is 2. The van der Waals surface area contributed by atoms with Gasteiger partial charge in [-0.2, -0.15) is 0 Å². The van der Waals surface area contributed by atoms with Crippen LogP contribution in [0.2, 0.25) is 0 Å². The molecule has 1 saturated heterocycles. The second-order valence-corrected chi connectivity index (χ2v) is 12.5. The molecule has 4 fully saturated rings. The standard InChI is InChI=1S/C33H36N2O3/c1-18-24-10-11-26(18)35(17-24)33(36)25-14-29(37-3)31-19(2)32(38-30(31)15-25)28-13-23-9-8-22(21-6-7-21)12-27(23)34(28)16-20-4-5-20/h8-9,12-15,18,20-21,24,26H,4-7,10-11,16-17H2,1-3H3. The summed E-state index contributed by atoms with van der Waals surface area (Å²) in [6.45, 7) is 6.33. The van der Waals surface area contributed by atoms with Crippen LogP contribution in [0.25, 0.3) is 33.3 Å². The molecule has 0 N–H and O–H groups in total. The third-order valence-corrected chi connectivity index (χ3v) is 10.1. The van der Waals surface area contributed by atoms with Crippen molar-refractivity contribution >= 4 is 27.8 Å². The van der Waals surface area contributed by atoms with Crippen molar-refractivity contribution in [3.63, 3.8) is 0 Å². The number of likely N-dealkylation sites (tertiary alicyclic amines) is 1. The number of rotatable bonds is 6. The van der Waals surface area contributed by atoms with Gasteiger partial charge in [0.2, 0.25) is 0 Å². The summed E-state index contributed by atoms with van der Waals surface area (Å²) in [6.07, 6.45) is 7.59. The Balaban J connectivity index is 1.25. The number of benzene rings is 2. The number of amides is 1. The lowest BCUT2D eigenvalue weighted by Crippen LogP contribution is -2.38. The average Bonchev–Trinajstić information content (AvgIpc) is 3.84. The molecule has 196 valence electrons. The van der Waals surface area contributed by atoms with E-state index in [0.29, 0.717) is 23.4 Å². The summed E-state index contributed by atoms with van der Waals surface area (Å²) in [5.74, 6) is 4.43. The minimum absolute atomic E-state index is 0.107. The number of aromatic nitrogens is 1. The van der Waals surface area contributed by atoms with Gasteiger partial charge in [0.05, 0.1) is 18.2 Å². The number of carbonyl (C=O) groups is 1. The fourth-order valence-corrected chi connectivity index (χ4v) is 7.46. The molecule has 5 nitrogen and oxygen atoms in total. The van der Waals surface area contributed by atoms with Crippen LogP contribution in [0.3, 0.4) is 0 Å². The van der Waals surface area contributed by atoms with Crippen LogP contribution in [0.1, 0.15) is 72.9 Å². The van der Waals surface area contributed by atoms with E-state index in [0.717, 1.165) is 65.1 Å². The topological polar surface area (TPSA) is 47.6 Å². The zero-order valence-electron chi connectivity index (χ0n) is 22.6. The molecule has 4 aliphatic rings. The maximum absolute atomic E-state index is 13.7. The van der Waals surface area contributed by atoms with Crippen molar-refractivity contribution in [3.05, 3.63) is 53.1 Å². The van der Waals surface area contributed by atoms with Crippen molar-refractivity contribution in [2.45, 2.75) is 70.9 Å². The number of methoxy groups -OCH3 is 1. The largest absolute Gasteiger partial charge is 0.496 e. The summed E-state index contributed by atoms with van der Waals surface area (Å²) < 4.78 is 15.0. The third kappa shape index (κ3) is 3.40. The van der Waals surface area contributed by atoms with E-state index in [2.05, 4.69) is 47.6 Å². The maximum atomic E-state index is 13.7. The molecule has 2 aromatic heterocycles. The number of aryl methyl sites for hydroxylation is 1. The Labute approximate surface area is 223 Å². The SMILES string of the molecule is COc1cc(C(=O)N2CC3CCC2C3C)cc2oc(-c3cc4ccc(C5CC5)cc4n3CC3CC3)c(C)c12. The minimum atomic E-state index is 0.107. The Morgan fingerprint density at radius 3 is 2.58 bits per heavy atom. The van der Waals surface area contributed by atoms with E-state index in [1.54, 1.807) is 7.11 Å². The van der Waals surface area contributed by atoms with Gasteiger partial charge < -0.3 is 18.6 Å². The van der Waals surface area contributed by atoms with Crippen LogP contribution >= 0.6 is 0 Å². The summed E-state index contributed by atoms with van der Waals surface area (Å²) in [6, 6.07) is 13.5. The normalized spacial score (nSPS) is 24.7. The summed E-state index contributed by atoms with van der Waals surface area (Å²) in [5.41, 5.74) is 6.40. The first-order valence-electron chi connectivity index (χ1n) is 14.6.